The third-order valence-corrected chi connectivity index (χ3v) is 5.53. The summed E-state index contributed by atoms with van der Waals surface area (Å²) in [5, 5.41) is 19.7. The molecule has 184 valence electrons. The topological polar surface area (TPSA) is 40.5 Å². The fourth-order valence-corrected chi connectivity index (χ4v) is 3.69. The van der Waals surface area contributed by atoms with Gasteiger partial charge in [-0.15, -0.1) is 0 Å². The summed E-state index contributed by atoms with van der Waals surface area (Å²) in [6.45, 7) is 16.6. The summed E-state index contributed by atoms with van der Waals surface area (Å²) in [5.74, 6) is 0.789. The standard InChI is InChI=1S/2C15H22O.CH4/c2*1-11(2)9-15(16)10-13(4)14-7-5-12(3)6-8-14;/h2*5-9,13,15-16H,10H2,1-4H3;1H4/t13-,15?;;/m0../s1. The second kappa shape index (κ2) is 15.6. The lowest BCUT2D eigenvalue weighted by atomic mass is 9.94. The van der Waals surface area contributed by atoms with E-state index >= 15 is 0 Å². The van der Waals surface area contributed by atoms with Crippen molar-refractivity contribution in [3.05, 3.63) is 94.1 Å². The first-order valence-corrected chi connectivity index (χ1v) is 11.8. The average Bonchev–Trinajstić information content (AvgIpc) is 2.68. The zero-order chi connectivity index (χ0) is 24.3. The molecule has 0 fully saturated rings. The lowest BCUT2D eigenvalue weighted by Gasteiger charge is -2.15. The van der Waals surface area contributed by atoms with Gasteiger partial charge >= 0.3 is 0 Å². The molecule has 0 aromatic heterocycles. The van der Waals surface area contributed by atoms with Gasteiger partial charge in [-0.05, 0) is 77.3 Å². The zero-order valence-electron chi connectivity index (χ0n) is 21.4. The molecule has 2 N–H and O–H groups in total. The SMILES string of the molecule is C.CC(C)=CC(O)CC(C)c1ccc(C)cc1.CC(C)=CC(O)C[C@H](C)c1ccc(C)cc1. The maximum absolute atomic E-state index is 9.83. The predicted molar refractivity (Wildman–Crippen MR) is 146 cm³/mol. The molecule has 0 saturated carbocycles. The first-order chi connectivity index (χ1) is 15.0. The molecule has 3 unspecified atom stereocenters. The van der Waals surface area contributed by atoms with Crippen molar-refractivity contribution in [2.75, 3.05) is 0 Å². The van der Waals surface area contributed by atoms with Crippen molar-refractivity contribution in [1.29, 1.82) is 0 Å². The summed E-state index contributed by atoms with van der Waals surface area (Å²) in [4.78, 5) is 0. The van der Waals surface area contributed by atoms with Gasteiger partial charge in [0.2, 0.25) is 0 Å². The van der Waals surface area contributed by atoms with Crippen LogP contribution in [0.2, 0.25) is 0 Å². The minimum Gasteiger partial charge on any atom is -0.389 e. The van der Waals surface area contributed by atoms with Crippen LogP contribution in [0.25, 0.3) is 0 Å². The van der Waals surface area contributed by atoms with Crippen LogP contribution in [-0.4, -0.2) is 22.4 Å². The van der Waals surface area contributed by atoms with Crippen LogP contribution >= 0.6 is 0 Å². The van der Waals surface area contributed by atoms with E-state index in [9.17, 15) is 10.2 Å². The molecule has 33 heavy (non-hydrogen) atoms. The van der Waals surface area contributed by atoms with Gasteiger partial charge in [-0.2, -0.15) is 0 Å². The van der Waals surface area contributed by atoms with Gasteiger partial charge in [0.1, 0.15) is 0 Å². The molecule has 2 aromatic rings. The normalized spacial score (nSPS) is 13.9. The number of hydrogen-bond acceptors (Lipinski definition) is 2. The minimum absolute atomic E-state index is 0. The molecule has 0 amide bonds. The fraction of sp³-hybridized carbons (Fsp3) is 0.484. The van der Waals surface area contributed by atoms with Gasteiger partial charge in [0, 0.05) is 0 Å². The van der Waals surface area contributed by atoms with Crippen LogP contribution in [0.4, 0.5) is 0 Å². The number of aryl methyl sites for hydroxylation is 2. The van der Waals surface area contributed by atoms with E-state index in [2.05, 4.69) is 76.2 Å². The molecule has 0 heterocycles. The molecule has 2 nitrogen and oxygen atoms in total. The minimum atomic E-state index is -0.332. The molecule has 2 heteroatoms. The Kier molecular flexibility index (Phi) is 14.6. The fourth-order valence-electron chi connectivity index (χ4n) is 3.69. The molecule has 4 atom stereocenters. The second-order valence-electron chi connectivity index (χ2n) is 9.72. The van der Waals surface area contributed by atoms with Gasteiger partial charge in [0.15, 0.2) is 0 Å². The van der Waals surface area contributed by atoms with Gasteiger partial charge in [0.25, 0.3) is 0 Å². The van der Waals surface area contributed by atoms with Crippen molar-refractivity contribution in [3.8, 4) is 0 Å². The van der Waals surface area contributed by atoms with E-state index in [0.29, 0.717) is 11.8 Å². The first-order valence-electron chi connectivity index (χ1n) is 11.8. The van der Waals surface area contributed by atoms with E-state index in [4.69, 9.17) is 0 Å². The number of aliphatic hydroxyl groups is 2. The summed E-state index contributed by atoms with van der Waals surface area (Å²) < 4.78 is 0. The quantitative estimate of drug-likeness (QED) is 0.396. The molecule has 0 spiro atoms. The monoisotopic (exact) mass is 452 g/mol. The Bertz CT molecular complexity index is 762. The van der Waals surface area contributed by atoms with E-state index in [1.54, 1.807) is 0 Å². The lowest BCUT2D eigenvalue weighted by Crippen LogP contribution is -2.08. The molecule has 0 aliphatic heterocycles. The van der Waals surface area contributed by atoms with E-state index in [0.717, 1.165) is 12.8 Å². The van der Waals surface area contributed by atoms with Crippen molar-refractivity contribution >= 4 is 0 Å². The highest BCUT2D eigenvalue weighted by Crippen LogP contribution is 2.22. The number of aliphatic hydroxyl groups excluding tert-OH is 2. The van der Waals surface area contributed by atoms with Gasteiger partial charge in [-0.1, -0.05) is 104 Å². The van der Waals surface area contributed by atoms with Crippen LogP contribution in [0.15, 0.2) is 71.8 Å². The summed E-state index contributed by atoms with van der Waals surface area (Å²) in [6.07, 6.45) is 4.75. The summed E-state index contributed by atoms with van der Waals surface area (Å²) in [5.41, 5.74) is 7.49. The smallest absolute Gasteiger partial charge is 0.0729 e. The predicted octanol–water partition coefficient (Wildman–Crippen LogP) is 8.27. The highest BCUT2D eigenvalue weighted by atomic mass is 16.3. The molecule has 0 radical (unpaired) electrons. The van der Waals surface area contributed by atoms with E-state index in [-0.39, 0.29) is 19.6 Å². The van der Waals surface area contributed by atoms with Crippen molar-refractivity contribution in [3.63, 3.8) is 0 Å². The van der Waals surface area contributed by atoms with Gasteiger partial charge in [-0.25, -0.2) is 0 Å². The van der Waals surface area contributed by atoms with Gasteiger partial charge < -0.3 is 10.2 Å². The van der Waals surface area contributed by atoms with Crippen molar-refractivity contribution in [2.45, 2.75) is 99.7 Å². The number of rotatable bonds is 8. The highest BCUT2D eigenvalue weighted by Gasteiger charge is 2.11. The molecule has 2 aromatic carbocycles. The number of allylic oxidation sites excluding steroid dienone is 2. The third kappa shape index (κ3) is 13.2. The zero-order valence-corrected chi connectivity index (χ0v) is 21.4. The Labute approximate surface area is 204 Å². The lowest BCUT2D eigenvalue weighted by molar-refractivity contribution is 0.203. The molecular formula is C31H48O2. The average molecular weight is 453 g/mol. The van der Waals surface area contributed by atoms with E-state index in [1.807, 2.05) is 39.8 Å². The van der Waals surface area contributed by atoms with Crippen molar-refractivity contribution < 1.29 is 10.2 Å². The van der Waals surface area contributed by atoms with Crippen LogP contribution in [0, 0.1) is 13.8 Å². The number of hydrogen-bond donors (Lipinski definition) is 2. The second-order valence-corrected chi connectivity index (χ2v) is 9.72. The summed E-state index contributed by atoms with van der Waals surface area (Å²) in [7, 11) is 0. The maximum atomic E-state index is 9.83. The molecule has 2 rings (SSSR count). The first kappa shape index (κ1) is 30.8. The van der Waals surface area contributed by atoms with Crippen molar-refractivity contribution in [2.24, 2.45) is 0 Å². The molecule has 0 aliphatic rings. The Morgan fingerprint density at radius 2 is 0.909 bits per heavy atom. The van der Waals surface area contributed by atoms with Gasteiger partial charge in [-0.3, -0.25) is 0 Å². The Morgan fingerprint density at radius 1 is 0.636 bits per heavy atom. The molecular weight excluding hydrogens is 404 g/mol. The Morgan fingerprint density at radius 3 is 1.15 bits per heavy atom. The largest absolute Gasteiger partial charge is 0.389 e. The van der Waals surface area contributed by atoms with Crippen LogP contribution in [0.3, 0.4) is 0 Å². The van der Waals surface area contributed by atoms with Crippen LogP contribution in [-0.2, 0) is 0 Å². The van der Waals surface area contributed by atoms with E-state index in [1.165, 1.54) is 33.4 Å². The molecule has 0 saturated heterocycles. The third-order valence-electron chi connectivity index (χ3n) is 5.53. The van der Waals surface area contributed by atoms with Crippen LogP contribution < -0.4 is 0 Å². The Hall–Kier alpha value is -2.16. The highest BCUT2D eigenvalue weighted by molar-refractivity contribution is 5.25. The Balaban J connectivity index is 0.000000602. The molecule has 0 bridgehead atoms. The summed E-state index contributed by atoms with van der Waals surface area (Å²) in [6, 6.07) is 17.1. The number of benzene rings is 2. The maximum Gasteiger partial charge on any atom is 0.0729 e. The van der Waals surface area contributed by atoms with Crippen molar-refractivity contribution in [1.82, 2.24) is 0 Å². The van der Waals surface area contributed by atoms with Gasteiger partial charge in [0.05, 0.1) is 12.2 Å². The summed E-state index contributed by atoms with van der Waals surface area (Å²) >= 11 is 0. The molecule has 0 aliphatic carbocycles. The van der Waals surface area contributed by atoms with E-state index < -0.39 is 0 Å². The van der Waals surface area contributed by atoms with Crippen LogP contribution in [0.5, 0.6) is 0 Å². The van der Waals surface area contributed by atoms with Crippen LogP contribution in [0.1, 0.15) is 95.9 Å².